The number of hydrogen-bond donors (Lipinski definition) is 3. The molecule has 4 rings (SSSR count). The molecular weight excluding hydrogens is 360 g/mol. The number of carbonyl (C=O) groups excluding carboxylic acids is 1. The molecule has 0 aliphatic heterocycles. The van der Waals surface area contributed by atoms with Gasteiger partial charge in [-0.3, -0.25) is 9.78 Å². The predicted molar refractivity (Wildman–Crippen MR) is 109 cm³/mol. The van der Waals surface area contributed by atoms with Crippen molar-refractivity contribution < 1.29 is 9.90 Å². The molecule has 27 heavy (non-hydrogen) atoms. The number of para-hydroxylation sites is 1. The van der Waals surface area contributed by atoms with Gasteiger partial charge in [0.05, 0.1) is 23.0 Å². The van der Waals surface area contributed by atoms with E-state index in [4.69, 9.17) is 5.73 Å². The first-order chi connectivity index (χ1) is 13.0. The summed E-state index contributed by atoms with van der Waals surface area (Å²) in [7, 11) is 0. The number of anilines is 2. The number of benzene rings is 1. The molecule has 3 heterocycles. The second-order valence-electron chi connectivity index (χ2n) is 6.37. The minimum Gasteiger partial charge on any atom is -0.397 e. The van der Waals surface area contributed by atoms with E-state index in [0.29, 0.717) is 32.0 Å². The van der Waals surface area contributed by atoms with Gasteiger partial charge in [-0.05, 0) is 32.0 Å². The summed E-state index contributed by atoms with van der Waals surface area (Å²) in [5.74, 6) is -0.301. The summed E-state index contributed by atoms with van der Waals surface area (Å²) >= 11 is 1.24. The summed E-state index contributed by atoms with van der Waals surface area (Å²) in [6.07, 6.45) is 1.04. The van der Waals surface area contributed by atoms with Crippen molar-refractivity contribution in [1.29, 1.82) is 0 Å². The fourth-order valence-electron chi connectivity index (χ4n) is 3.12. The molecule has 136 valence electrons. The Balaban J connectivity index is 1.75. The molecule has 6 nitrogen and oxygen atoms in total. The number of amides is 1. The minimum absolute atomic E-state index is 0.301. The zero-order valence-electron chi connectivity index (χ0n) is 14.9. The van der Waals surface area contributed by atoms with Gasteiger partial charge in [0.15, 0.2) is 0 Å². The van der Waals surface area contributed by atoms with Gasteiger partial charge >= 0.3 is 0 Å². The molecule has 3 aromatic heterocycles. The zero-order valence-corrected chi connectivity index (χ0v) is 15.7. The summed E-state index contributed by atoms with van der Waals surface area (Å²) < 4.78 is 0. The van der Waals surface area contributed by atoms with Crippen LogP contribution in [0.2, 0.25) is 0 Å². The number of nitrogens with zero attached hydrogens (tertiary/aromatic N) is 2. The number of fused-ring (bicyclic) bond motifs is 2. The van der Waals surface area contributed by atoms with Crippen LogP contribution in [-0.4, -0.2) is 21.0 Å². The van der Waals surface area contributed by atoms with Gasteiger partial charge in [0, 0.05) is 28.2 Å². The van der Waals surface area contributed by atoms with E-state index < -0.39 is 6.10 Å². The van der Waals surface area contributed by atoms with Crippen LogP contribution in [0.4, 0.5) is 11.4 Å². The minimum atomic E-state index is -0.653. The monoisotopic (exact) mass is 378 g/mol. The van der Waals surface area contributed by atoms with Crippen molar-refractivity contribution in [3.05, 3.63) is 58.7 Å². The van der Waals surface area contributed by atoms with Crippen LogP contribution in [0, 0.1) is 6.92 Å². The predicted octanol–water partition coefficient (Wildman–Crippen LogP) is 4.04. The third kappa shape index (κ3) is 3.01. The Morgan fingerprint density at radius 1 is 1.30 bits per heavy atom. The van der Waals surface area contributed by atoms with Crippen molar-refractivity contribution >= 4 is 49.7 Å². The Morgan fingerprint density at radius 3 is 2.85 bits per heavy atom. The highest BCUT2D eigenvalue weighted by Crippen LogP contribution is 2.35. The standard InChI is InChI=1S/C20H18N4O2S/c1-10-13(11(2)25)9-14-16(21)18(27-20(14)23-10)19(26)24-15-7-3-5-12-6-4-8-22-17(12)15/h3-9,11,25H,21H2,1-2H3,(H,24,26). The van der Waals surface area contributed by atoms with E-state index in [9.17, 15) is 9.90 Å². The summed E-state index contributed by atoms with van der Waals surface area (Å²) in [4.78, 5) is 22.8. The van der Waals surface area contributed by atoms with Gasteiger partial charge in [-0.25, -0.2) is 4.98 Å². The average molecular weight is 378 g/mol. The molecule has 0 saturated heterocycles. The number of nitrogen functional groups attached to an aromatic ring is 1. The SMILES string of the molecule is Cc1nc2sc(C(=O)Nc3cccc4cccnc34)c(N)c2cc1C(C)O. The van der Waals surface area contributed by atoms with Crippen LogP contribution in [0.1, 0.15) is 34.0 Å². The number of aryl methyl sites for hydroxylation is 1. The molecule has 0 fully saturated rings. The normalized spacial score (nSPS) is 12.4. The van der Waals surface area contributed by atoms with Gasteiger partial charge in [-0.15, -0.1) is 11.3 Å². The summed E-state index contributed by atoms with van der Waals surface area (Å²) in [6, 6.07) is 11.2. The second kappa shape index (κ2) is 6.61. The second-order valence-corrected chi connectivity index (χ2v) is 7.37. The van der Waals surface area contributed by atoms with Crippen molar-refractivity contribution in [1.82, 2.24) is 9.97 Å². The van der Waals surface area contributed by atoms with E-state index >= 15 is 0 Å². The van der Waals surface area contributed by atoms with Crippen LogP contribution in [0.15, 0.2) is 42.6 Å². The number of pyridine rings is 2. The molecule has 1 atom stereocenters. The Kier molecular flexibility index (Phi) is 4.25. The maximum atomic E-state index is 12.9. The maximum absolute atomic E-state index is 12.9. The Hall–Kier alpha value is -3.03. The number of aromatic nitrogens is 2. The number of hydrogen-bond acceptors (Lipinski definition) is 6. The van der Waals surface area contributed by atoms with E-state index in [0.717, 1.165) is 16.6 Å². The first-order valence-corrected chi connectivity index (χ1v) is 9.30. The molecule has 0 saturated carbocycles. The van der Waals surface area contributed by atoms with E-state index in [1.807, 2.05) is 43.3 Å². The van der Waals surface area contributed by atoms with E-state index in [1.54, 1.807) is 13.1 Å². The maximum Gasteiger partial charge on any atom is 0.268 e. The highest BCUT2D eigenvalue weighted by Gasteiger charge is 2.20. The summed E-state index contributed by atoms with van der Waals surface area (Å²) in [5, 5.41) is 14.4. The molecule has 0 bridgehead atoms. The van der Waals surface area contributed by atoms with Crippen LogP contribution < -0.4 is 11.1 Å². The lowest BCUT2D eigenvalue weighted by atomic mass is 10.1. The molecule has 0 aliphatic rings. The van der Waals surface area contributed by atoms with Crippen LogP contribution in [0.25, 0.3) is 21.1 Å². The molecule has 4 N–H and O–H groups in total. The topological polar surface area (TPSA) is 101 Å². The number of nitrogens with two attached hydrogens (primary N) is 1. The first kappa shape index (κ1) is 17.4. The molecule has 0 radical (unpaired) electrons. The van der Waals surface area contributed by atoms with E-state index in [-0.39, 0.29) is 5.91 Å². The third-order valence-electron chi connectivity index (χ3n) is 4.49. The summed E-state index contributed by atoms with van der Waals surface area (Å²) in [5.41, 5.74) is 9.39. The van der Waals surface area contributed by atoms with Crippen molar-refractivity contribution in [3.63, 3.8) is 0 Å². The van der Waals surface area contributed by atoms with Gasteiger partial charge in [0.25, 0.3) is 5.91 Å². The summed E-state index contributed by atoms with van der Waals surface area (Å²) in [6.45, 7) is 3.51. The number of carbonyl (C=O) groups is 1. The number of rotatable bonds is 3. The average Bonchev–Trinajstić information content (AvgIpc) is 2.97. The molecular formula is C20H18N4O2S. The number of aliphatic hydroxyl groups excluding tert-OH is 1. The fourth-order valence-corrected chi connectivity index (χ4v) is 4.14. The highest BCUT2D eigenvalue weighted by molar-refractivity contribution is 7.21. The molecule has 1 amide bonds. The Bertz CT molecular complexity index is 1180. The van der Waals surface area contributed by atoms with Gasteiger partial charge in [-0.1, -0.05) is 18.2 Å². The Labute approximate surface area is 159 Å². The lowest BCUT2D eigenvalue weighted by molar-refractivity contribution is 0.103. The van der Waals surface area contributed by atoms with E-state index in [2.05, 4.69) is 15.3 Å². The van der Waals surface area contributed by atoms with Gasteiger partial charge < -0.3 is 16.2 Å². The quantitative estimate of drug-likeness (QED) is 0.499. The van der Waals surface area contributed by atoms with Crippen molar-refractivity contribution in [2.24, 2.45) is 0 Å². The Morgan fingerprint density at radius 2 is 2.07 bits per heavy atom. The smallest absolute Gasteiger partial charge is 0.268 e. The molecule has 1 aromatic carbocycles. The van der Waals surface area contributed by atoms with Crippen molar-refractivity contribution in [3.8, 4) is 0 Å². The van der Waals surface area contributed by atoms with Crippen molar-refractivity contribution in [2.75, 3.05) is 11.1 Å². The van der Waals surface area contributed by atoms with Crippen molar-refractivity contribution in [2.45, 2.75) is 20.0 Å². The first-order valence-electron chi connectivity index (χ1n) is 8.48. The van der Waals surface area contributed by atoms with Gasteiger partial charge in [0.1, 0.15) is 9.71 Å². The number of aliphatic hydroxyl groups is 1. The molecule has 0 aliphatic carbocycles. The largest absolute Gasteiger partial charge is 0.397 e. The lowest BCUT2D eigenvalue weighted by Crippen LogP contribution is -2.12. The molecule has 1 unspecified atom stereocenters. The highest BCUT2D eigenvalue weighted by atomic mass is 32.1. The molecule has 0 spiro atoms. The zero-order chi connectivity index (χ0) is 19.1. The van der Waals surface area contributed by atoms with E-state index in [1.165, 1.54) is 11.3 Å². The van der Waals surface area contributed by atoms with Crippen LogP contribution in [-0.2, 0) is 0 Å². The van der Waals surface area contributed by atoms with Crippen LogP contribution >= 0.6 is 11.3 Å². The van der Waals surface area contributed by atoms with Crippen LogP contribution in [0.5, 0.6) is 0 Å². The lowest BCUT2D eigenvalue weighted by Gasteiger charge is -2.08. The number of nitrogens with one attached hydrogen (secondary N) is 1. The molecule has 4 aromatic rings. The molecule has 7 heteroatoms. The van der Waals surface area contributed by atoms with Gasteiger partial charge in [-0.2, -0.15) is 0 Å². The van der Waals surface area contributed by atoms with Crippen LogP contribution in [0.3, 0.4) is 0 Å². The van der Waals surface area contributed by atoms with Gasteiger partial charge in [0.2, 0.25) is 0 Å². The fraction of sp³-hybridized carbons (Fsp3) is 0.150. The third-order valence-corrected chi connectivity index (χ3v) is 5.60. The number of thiophene rings is 1.